The Bertz CT molecular complexity index is 4790. The molecular weight excluding hydrogens is 1110 g/mol. The van der Waals surface area contributed by atoms with Gasteiger partial charge in [0, 0.05) is 16.7 Å². The predicted octanol–water partition coefficient (Wildman–Crippen LogP) is 16.7. The minimum Gasteiger partial charge on any atom is -0.478 e. The number of hydrogen-bond acceptors (Lipinski definition) is 10. The third kappa shape index (κ3) is 13.8. The number of carbonyl (C=O) groups is 2. The summed E-state index contributed by atoms with van der Waals surface area (Å²) in [6.07, 6.45) is 0. The standard InChI is InChI=1S/C30H26N4.C22H18N4.C12H14N4.C8H6O4.CH4/c1-18(2)20-8-10-22(11-9-20)30-32-26-15-13-24(17-28(26)34-30)23-12-14-25-27(16-23)33-29(31-25)21-6-4-19(3)5-7-21;1-13-3-5-15(6-4-13)22-25-19-10-8-17(12-21(19)26-22)16-7-9-18-20(11-16)24-14(2)23-18;13-9-3-1-7(5-11(9)15)8-2-4-10(14)12(16)6-8;9-7(10)5-2-1-3-6(4-5)8(11)12;/h4-18H,1-3H3,(H,31,33)(H,32,34);3-12H,1-2H3,(H,23,24)(H,25,26);1-6H,13-16H2;1-4H,(H,9,10)(H,11,12);1H4. The molecule has 89 heavy (non-hydrogen) atoms. The molecule has 0 unspecified atom stereocenters. The van der Waals surface area contributed by atoms with Gasteiger partial charge in [-0.15, -0.1) is 0 Å². The molecule has 0 bridgehead atoms. The Morgan fingerprint density at radius 1 is 0.360 bits per heavy atom. The maximum atomic E-state index is 10.4. The number of carboxylic acid groups (broad SMARTS) is 2. The Morgan fingerprint density at radius 3 is 1.00 bits per heavy atom. The van der Waals surface area contributed by atoms with Crippen molar-refractivity contribution >= 4 is 78.8 Å². The normalized spacial score (nSPS) is 10.9. The molecular formula is C73H68N12O4. The molecule has 0 aliphatic heterocycles. The van der Waals surface area contributed by atoms with E-state index in [1.165, 1.54) is 34.9 Å². The quantitative estimate of drug-likeness (QED) is 0.0604. The molecule has 14 aromatic rings. The van der Waals surface area contributed by atoms with Crippen molar-refractivity contribution in [2.45, 2.75) is 48.0 Å². The molecule has 14 N–H and O–H groups in total. The van der Waals surface area contributed by atoms with Crippen molar-refractivity contribution in [2.24, 2.45) is 0 Å². The van der Waals surface area contributed by atoms with Crippen molar-refractivity contribution in [3.8, 4) is 67.5 Å². The smallest absolute Gasteiger partial charge is 0.335 e. The van der Waals surface area contributed by atoms with Gasteiger partial charge in [0.1, 0.15) is 23.3 Å². The van der Waals surface area contributed by atoms with Gasteiger partial charge in [-0.25, -0.2) is 29.5 Å². The largest absolute Gasteiger partial charge is 0.478 e. The monoisotopic (exact) mass is 1180 g/mol. The molecule has 10 aromatic carbocycles. The highest BCUT2D eigenvalue weighted by Crippen LogP contribution is 2.33. The van der Waals surface area contributed by atoms with Crippen LogP contribution in [0, 0.1) is 20.8 Å². The highest BCUT2D eigenvalue weighted by atomic mass is 16.4. The van der Waals surface area contributed by atoms with Crippen molar-refractivity contribution < 1.29 is 19.8 Å². The Morgan fingerprint density at radius 2 is 0.663 bits per heavy atom. The number of nitrogens with two attached hydrogens (primary N) is 4. The number of aryl methyl sites for hydroxylation is 3. The van der Waals surface area contributed by atoms with Gasteiger partial charge in [0.05, 0.1) is 78.0 Å². The van der Waals surface area contributed by atoms with E-state index < -0.39 is 11.9 Å². The van der Waals surface area contributed by atoms with Gasteiger partial charge >= 0.3 is 11.9 Å². The molecule has 0 aliphatic carbocycles. The lowest BCUT2D eigenvalue weighted by Crippen LogP contribution is -2.01. The minimum atomic E-state index is -1.13. The van der Waals surface area contributed by atoms with Gasteiger partial charge in [0.2, 0.25) is 0 Å². The first-order valence-corrected chi connectivity index (χ1v) is 28.5. The number of rotatable bonds is 9. The summed E-state index contributed by atoms with van der Waals surface area (Å²) < 4.78 is 0. The Hall–Kier alpha value is -11.8. The molecule has 0 atom stereocenters. The van der Waals surface area contributed by atoms with Crippen LogP contribution in [0.15, 0.2) is 206 Å². The zero-order valence-corrected chi connectivity index (χ0v) is 49.0. The summed E-state index contributed by atoms with van der Waals surface area (Å²) in [6.45, 7) is 10.6. The van der Waals surface area contributed by atoms with Crippen LogP contribution >= 0.6 is 0 Å². The first-order chi connectivity index (χ1) is 42.4. The first kappa shape index (κ1) is 60.3. The maximum absolute atomic E-state index is 10.4. The number of carboxylic acids is 2. The summed E-state index contributed by atoms with van der Waals surface area (Å²) in [7, 11) is 0. The Balaban J connectivity index is 0.000000140. The van der Waals surface area contributed by atoms with Crippen molar-refractivity contribution in [1.29, 1.82) is 0 Å². The Labute approximate surface area is 514 Å². The topological polar surface area (TPSA) is 293 Å². The van der Waals surface area contributed by atoms with Crippen LogP contribution in [-0.2, 0) is 0 Å². The SMILES string of the molecule is C.Cc1ccc(-c2nc3ccc(-c4ccc5nc(-c6ccc(C(C)C)cc6)[nH]c5c4)cc3[nH]2)cc1.Cc1ccc(-c2nc3ccc(-c4ccc5nc(C)[nH]c5c4)cc3[nH]2)cc1.Nc1ccc(-c2ccc(N)c(N)c2)cc1N.O=C(O)c1cccc(C(=O)O)c1. The molecule has 0 amide bonds. The number of nitrogen functional groups attached to an aromatic ring is 4. The summed E-state index contributed by atoms with van der Waals surface area (Å²) >= 11 is 0. The van der Waals surface area contributed by atoms with Crippen LogP contribution in [0.5, 0.6) is 0 Å². The molecule has 4 heterocycles. The number of aromatic nitrogens is 8. The van der Waals surface area contributed by atoms with Crippen molar-refractivity contribution in [3.63, 3.8) is 0 Å². The van der Waals surface area contributed by atoms with Crippen LogP contribution in [0.3, 0.4) is 0 Å². The van der Waals surface area contributed by atoms with Crippen LogP contribution in [0.1, 0.15) is 70.4 Å². The molecule has 444 valence electrons. The van der Waals surface area contributed by atoms with Crippen molar-refractivity contribution in [2.75, 3.05) is 22.9 Å². The molecule has 0 radical (unpaired) electrons. The van der Waals surface area contributed by atoms with E-state index in [9.17, 15) is 9.59 Å². The summed E-state index contributed by atoms with van der Waals surface area (Å²) in [6, 6.07) is 67.1. The van der Waals surface area contributed by atoms with Crippen LogP contribution in [0.2, 0.25) is 0 Å². The number of hydrogen-bond donors (Lipinski definition) is 10. The summed E-state index contributed by atoms with van der Waals surface area (Å²) in [5.41, 5.74) is 46.8. The highest BCUT2D eigenvalue weighted by Gasteiger charge is 2.13. The molecule has 16 heteroatoms. The zero-order valence-electron chi connectivity index (χ0n) is 49.0. The van der Waals surface area contributed by atoms with Gasteiger partial charge in [0.25, 0.3) is 0 Å². The van der Waals surface area contributed by atoms with E-state index in [1.807, 2.05) is 31.2 Å². The van der Waals surface area contributed by atoms with Gasteiger partial charge in [-0.2, -0.15) is 0 Å². The summed E-state index contributed by atoms with van der Waals surface area (Å²) in [5.74, 6) is 1.89. The van der Waals surface area contributed by atoms with Gasteiger partial charge in [0.15, 0.2) is 0 Å². The second-order valence-electron chi connectivity index (χ2n) is 21.9. The van der Waals surface area contributed by atoms with E-state index in [0.717, 1.165) is 124 Å². The highest BCUT2D eigenvalue weighted by molar-refractivity contribution is 5.94. The third-order valence-corrected chi connectivity index (χ3v) is 15.1. The first-order valence-electron chi connectivity index (χ1n) is 28.5. The lowest BCUT2D eigenvalue weighted by atomic mass is 10.0. The van der Waals surface area contributed by atoms with E-state index in [4.69, 9.17) is 48.1 Å². The third-order valence-electron chi connectivity index (χ3n) is 15.1. The maximum Gasteiger partial charge on any atom is 0.335 e. The van der Waals surface area contributed by atoms with Crippen LogP contribution in [0.4, 0.5) is 22.7 Å². The fraction of sp³-hybridized carbons (Fsp3) is 0.0959. The van der Waals surface area contributed by atoms with Crippen LogP contribution in [-0.4, -0.2) is 62.0 Å². The minimum absolute atomic E-state index is 0. The number of imidazole rings is 4. The second kappa shape index (κ2) is 25.8. The molecule has 0 saturated heterocycles. The lowest BCUT2D eigenvalue weighted by Gasteiger charge is -2.07. The van der Waals surface area contributed by atoms with Crippen LogP contribution in [0.25, 0.3) is 112 Å². The van der Waals surface area contributed by atoms with Crippen molar-refractivity contribution in [3.05, 3.63) is 240 Å². The molecule has 0 saturated carbocycles. The molecule has 0 aliphatic rings. The van der Waals surface area contributed by atoms with E-state index in [1.54, 1.807) is 12.1 Å². The van der Waals surface area contributed by atoms with Crippen LogP contribution < -0.4 is 22.9 Å². The number of benzene rings is 10. The molecule has 0 fully saturated rings. The van der Waals surface area contributed by atoms with Gasteiger partial charge < -0.3 is 53.1 Å². The number of anilines is 4. The number of fused-ring (bicyclic) bond motifs is 4. The van der Waals surface area contributed by atoms with Gasteiger partial charge in [-0.05, 0) is 157 Å². The van der Waals surface area contributed by atoms with E-state index in [-0.39, 0.29) is 18.6 Å². The number of aromatic amines is 4. The number of H-pyrrole nitrogens is 4. The average molecular weight is 1180 g/mol. The molecule has 16 nitrogen and oxygen atoms in total. The average Bonchev–Trinajstić information content (AvgIpc) is 1.89. The van der Waals surface area contributed by atoms with E-state index in [0.29, 0.717) is 28.7 Å². The molecule has 0 spiro atoms. The molecule has 4 aromatic heterocycles. The summed E-state index contributed by atoms with van der Waals surface area (Å²) in [4.78, 5) is 53.3. The van der Waals surface area contributed by atoms with Gasteiger partial charge in [-0.3, -0.25) is 0 Å². The molecule has 14 rings (SSSR count). The lowest BCUT2D eigenvalue weighted by molar-refractivity contribution is 0.0696. The number of nitrogens with one attached hydrogen (secondary N) is 4. The van der Waals surface area contributed by atoms with E-state index in [2.05, 4.69) is 198 Å². The number of nitrogens with zero attached hydrogens (tertiary/aromatic N) is 4. The van der Waals surface area contributed by atoms with E-state index >= 15 is 0 Å². The second-order valence-corrected chi connectivity index (χ2v) is 21.9. The fourth-order valence-corrected chi connectivity index (χ4v) is 10.0. The van der Waals surface area contributed by atoms with Gasteiger partial charge in [-0.1, -0.05) is 148 Å². The summed E-state index contributed by atoms with van der Waals surface area (Å²) in [5, 5.41) is 17.0. The zero-order chi connectivity index (χ0) is 61.8. The fourth-order valence-electron chi connectivity index (χ4n) is 10.0. The Kier molecular flexibility index (Phi) is 17.5. The number of aromatic carboxylic acids is 2. The van der Waals surface area contributed by atoms with Crippen molar-refractivity contribution in [1.82, 2.24) is 39.9 Å². The predicted molar refractivity (Wildman–Crippen MR) is 364 cm³/mol.